The van der Waals surface area contributed by atoms with Crippen molar-refractivity contribution in [3.05, 3.63) is 29.6 Å². The number of phenolic OH excluding ortho intramolecular Hbond substituents is 1. The lowest BCUT2D eigenvalue weighted by molar-refractivity contribution is -0.148. The van der Waals surface area contributed by atoms with E-state index in [4.69, 9.17) is 0 Å². The molecule has 114 valence electrons. The fraction of sp³-hybridized carbons (Fsp3) is 0.467. The van der Waals surface area contributed by atoms with Crippen LogP contribution in [0.15, 0.2) is 18.2 Å². The number of halogens is 1. The lowest BCUT2D eigenvalue weighted by atomic mass is 9.76. The number of nitrogens with zero attached hydrogens (tertiary/aromatic N) is 1. The molecule has 1 aliphatic rings. The van der Waals surface area contributed by atoms with Gasteiger partial charge in [0.2, 0.25) is 0 Å². The van der Waals surface area contributed by atoms with Crippen LogP contribution in [0.4, 0.5) is 4.39 Å². The second-order valence-corrected chi connectivity index (χ2v) is 6.00. The van der Waals surface area contributed by atoms with Gasteiger partial charge in [0.05, 0.1) is 5.56 Å². The smallest absolute Gasteiger partial charge is 0.326 e. The van der Waals surface area contributed by atoms with Crippen molar-refractivity contribution in [1.29, 1.82) is 0 Å². The second-order valence-electron chi connectivity index (χ2n) is 6.00. The molecule has 0 aromatic heterocycles. The van der Waals surface area contributed by atoms with Crippen molar-refractivity contribution in [2.24, 2.45) is 5.41 Å². The number of rotatable bonds is 2. The number of aromatic hydroxyl groups is 1. The highest BCUT2D eigenvalue weighted by atomic mass is 19.1. The van der Waals surface area contributed by atoms with E-state index in [0.717, 1.165) is 6.07 Å². The van der Waals surface area contributed by atoms with E-state index < -0.39 is 29.2 Å². The Morgan fingerprint density at radius 1 is 1.38 bits per heavy atom. The molecule has 0 bridgehead atoms. The molecule has 21 heavy (non-hydrogen) atoms. The summed E-state index contributed by atoms with van der Waals surface area (Å²) in [5.74, 6) is -2.88. The molecule has 0 radical (unpaired) electrons. The molecule has 0 saturated carbocycles. The zero-order valence-electron chi connectivity index (χ0n) is 12.0. The molecule has 0 spiro atoms. The lowest BCUT2D eigenvalue weighted by Gasteiger charge is -2.44. The summed E-state index contributed by atoms with van der Waals surface area (Å²) in [5, 5.41) is 18.6. The van der Waals surface area contributed by atoms with Crippen molar-refractivity contribution in [3.8, 4) is 5.75 Å². The van der Waals surface area contributed by atoms with Crippen LogP contribution >= 0.6 is 0 Å². The molecule has 2 rings (SSSR count). The Labute approximate surface area is 122 Å². The minimum atomic E-state index is -1.09. The molecule has 1 aromatic rings. The Morgan fingerprint density at radius 3 is 2.62 bits per heavy atom. The van der Waals surface area contributed by atoms with Gasteiger partial charge in [-0.3, -0.25) is 4.79 Å². The number of phenols is 1. The van der Waals surface area contributed by atoms with Gasteiger partial charge in [-0.25, -0.2) is 9.18 Å². The molecule has 1 amide bonds. The van der Waals surface area contributed by atoms with Gasteiger partial charge in [-0.05, 0) is 30.4 Å². The van der Waals surface area contributed by atoms with Crippen molar-refractivity contribution >= 4 is 11.9 Å². The number of aliphatic carboxylic acids is 1. The summed E-state index contributed by atoms with van der Waals surface area (Å²) < 4.78 is 13.8. The van der Waals surface area contributed by atoms with Gasteiger partial charge in [-0.1, -0.05) is 13.8 Å². The first-order valence-corrected chi connectivity index (χ1v) is 6.76. The number of hydrogen-bond acceptors (Lipinski definition) is 3. The van der Waals surface area contributed by atoms with E-state index in [1.165, 1.54) is 17.0 Å². The highest BCUT2D eigenvalue weighted by molar-refractivity contribution is 5.97. The Kier molecular flexibility index (Phi) is 3.89. The molecule has 1 aromatic carbocycles. The number of benzene rings is 1. The summed E-state index contributed by atoms with van der Waals surface area (Å²) in [6.07, 6.45) is 1.36. The predicted octanol–water partition coefficient (Wildman–Crippen LogP) is 2.25. The summed E-state index contributed by atoms with van der Waals surface area (Å²) in [4.78, 5) is 25.2. The van der Waals surface area contributed by atoms with E-state index in [0.29, 0.717) is 12.8 Å². The molecular weight excluding hydrogens is 277 g/mol. The van der Waals surface area contributed by atoms with Gasteiger partial charge in [-0.15, -0.1) is 0 Å². The maximum atomic E-state index is 13.8. The summed E-state index contributed by atoms with van der Waals surface area (Å²) in [6.45, 7) is 3.86. The van der Waals surface area contributed by atoms with E-state index in [1.807, 2.05) is 0 Å². The van der Waals surface area contributed by atoms with Crippen LogP contribution in [0.3, 0.4) is 0 Å². The van der Waals surface area contributed by atoms with E-state index >= 15 is 0 Å². The summed E-state index contributed by atoms with van der Waals surface area (Å²) >= 11 is 0. The molecule has 1 atom stereocenters. The number of amides is 1. The molecule has 1 saturated heterocycles. The number of carboxylic acid groups (broad SMARTS) is 1. The Balaban J connectivity index is 2.38. The maximum Gasteiger partial charge on any atom is 0.326 e. The fourth-order valence-corrected chi connectivity index (χ4v) is 2.91. The van der Waals surface area contributed by atoms with Crippen molar-refractivity contribution < 1.29 is 24.2 Å². The molecule has 1 heterocycles. The predicted molar refractivity (Wildman–Crippen MR) is 73.5 cm³/mol. The number of piperidine rings is 1. The van der Waals surface area contributed by atoms with Crippen LogP contribution in [0.5, 0.6) is 5.75 Å². The third-order valence-electron chi connectivity index (χ3n) is 3.95. The van der Waals surface area contributed by atoms with Gasteiger partial charge in [0, 0.05) is 12.6 Å². The van der Waals surface area contributed by atoms with Gasteiger partial charge in [0.25, 0.3) is 5.91 Å². The van der Waals surface area contributed by atoms with Crippen LogP contribution in [0.1, 0.15) is 37.0 Å². The average Bonchev–Trinajstić information content (AvgIpc) is 2.36. The van der Waals surface area contributed by atoms with Gasteiger partial charge in [-0.2, -0.15) is 0 Å². The van der Waals surface area contributed by atoms with Gasteiger partial charge >= 0.3 is 5.97 Å². The number of carboxylic acids is 1. The minimum Gasteiger partial charge on any atom is -0.508 e. The van der Waals surface area contributed by atoms with E-state index in [-0.39, 0.29) is 17.9 Å². The summed E-state index contributed by atoms with van der Waals surface area (Å²) in [6, 6.07) is 2.24. The van der Waals surface area contributed by atoms with Gasteiger partial charge < -0.3 is 15.1 Å². The normalized spacial score (nSPS) is 21.1. The zero-order chi connectivity index (χ0) is 15.8. The number of carbonyl (C=O) groups excluding carboxylic acids is 1. The minimum absolute atomic E-state index is 0.225. The average molecular weight is 295 g/mol. The largest absolute Gasteiger partial charge is 0.508 e. The molecular formula is C15H18FNO4. The molecule has 1 fully saturated rings. The van der Waals surface area contributed by atoms with Crippen LogP contribution in [0, 0.1) is 11.2 Å². The molecule has 1 unspecified atom stereocenters. The van der Waals surface area contributed by atoms with E-state index in [9.17, 15) is 24.2 Å². The van der Waals surface area contributed by atoms with Crippen molar-refractivity contribution in [1.82, 2.24) is 4.90 Å². The first kappa shape index (κ1) is 15.3. The molecule has 5 nitrogen and oxygen atoms in total. The third-order valence-corrected chi connectivity index (χ3v) is 3.95. The molecule has 6 heteroatoms. The number of likely N-dealkylation sites (tertiary alicyclic amines) is 1. The maximum absolute atomic E-state index is 13.8. The molecule has 1 aliphatic heterocycles. The zero-order valence-corrected chi connectivity index (χ0v) is 12.0. The number of carbonyl (C=O) groups is 2. The van der Waals surface area contributed by atoms with Crippen LogP contribution in [-0.2, 0) is 4.79 Å². The Hall–Kier alpha value is -2.11. The van der Waals surface area contributed by atoms with Crippen molar-refractivity contribution in [2.45, 2.75) is 32.7 Å². The van der Waals surface area contributed by atoms with Crippen molar-refractivity contribution in [2.75, 3.05) is 6.54 Å². The first-order valence-electron chi connectivity index (χ1n) is 6.76. The molecule has 0 aliphatic carbocycles. The topological polar surface area (TPSA) is 77.8 Å². The van der Waals surface area contributed by atoms with Crippen LogP contribution in [0.2, 0.25) is 0 Å². The summed E-state index contributed by atoms with van der Waals surface area (Å²) in [7, 11) is 0. The number of hydrogen-bond donors (Lipinski definition) is 2. The second kappa shape index (κ2) is 5.35. The van der Waals surface area contributed by atoms with Crippen LogP contribution < -0.4 is 0 Å². The van der Waals surface area contributed by atoms with Crippen molar-refractivity contribution in [3.63, 3.8) is 0 Å². The monoisotopic (exact) mass is 295 g/mol. The first-order chi connectivity index (χ1) is 9.74. The lowest BCUT2D eigenvalue weighted by Crippen LogP contribution is -2.56. The van der Waals surface area contributed by atoms with Crippen LogP contribution in [0.25, 0.3) is 0 Å². The van der Waals surface area contributed by atoms with E-state index in [1.54, 1.807) is 13.8 Å². The standard InChI is InChI=1S/C15H18FNO4/c1-15(2)6-3-7-17(12(15)14(20)21)13(19)10-5-4-9(18)8-11(10)16/h4-5,8,12,18H,3,6-7H2,1-2H3,(H,20,21). The quantitative estimate of drug-likeness (QED) is 0.877. The van der Waals surface area contributed by atoms with E-state index in [2.05, 4.69) is 0 Å². The molecule has 2 N–H and O–H groups in total. The fourth-order valence-electron chi connectivity index (χ4n) is 2.91. The van der Waals surface area contributed by atoms with Gasteiger partial charge in [0.1, 0.15) is 17.6 Å². The van der Waals surface area contributed by atoms with Gasteiger partial charge in [0.15, 0.2) is 0 Å². The summed E-state index contributed by atoms with van der Waals surface area (Å²) in [5.41, 5.74) is -0.801. The Bertz CT molecular complexity index is 585. The highest BCUT2D eigenvalue weighted by Crippen LogP contribution is 2.36. The Morgan fingerprint density at radius 2 is 2.05 bits per heavy atom. The van der Waals surface area contributed by atoms with Crippen LogP contribution in [-0.4, -0.2) is 39.6 Å². The third kappa shape index (κ3) is 2.84. The highest BCUT2D eigenvalue weighted by Gasteiger charge is 2.45. The SMILES string of the molecule is CC1(C)CCCN(C(=O)c2ccc(O)cc2F)C1C(=O)O.